The molecule has 0 atom stereocenters. The van der Waals surface area contributed by atoms with Crippen LogP contribution in [0, 0.1) is 0 Å². The van der Waals surface area contributed by atoms with E-state index < -0.39 is 0 Å². The minimum Gasteiger partial charge on any atom is -0.184 e. The van der Waals surface area contributed by atoms with Crippen molar-refractivity contribution in [1.29, 1.82) is 0 Å². The zero-order valence-corrected chi connectivity index (χ0v) is 29.1. The van der Waals surface area contributed by atoms with Crippen LogP contribution < -0.4 is 0 Å². The molecule has 0 fully saturated rings. The predicted octanol–water partition coefficient (Wildman–Crippen LogP) is 13.1. The third kappa shape index (κ3) is 10.8. The van der Waals surface area contributed by atoms with E-state index in [4.69, 9.17) is 10.2 Å². The second-order valence-electron chi connectivity index (χ2n) is 12.6. The van der Waals surface area contributed by atoms with Crippen molar-refractivity contribution >= 4 is 33.7 Å². The molecule has 43 heavy (non-hydrogen) atoms. The minimum atomic E-state index is 0.907. The lowest BCUT2D eigenvalue weighted by Gasteiger charge is -2.03. The SMILES string of the molecule is CCCCCCCCCCCCn1nc2c(-c3cc(CCCCCC)cs3)ccc(-c3cc(CCCCCC)cs3)c2n1. The van der Waals surface area contributed by atoms with Crippen LogP contribution in [0.5, 0.6) is 0 Å². The summed E-state index contributed by atoms with van der Waals surface area (Å²) in [5.74, 6) is 0. The number of benzene rings is 1. The standard InChI is InChI=1S/C38H57N3S2/c1-4-7-10-13-14-15-16-17-18-21-26-41-39-37-33(35-27-31(29-42-35)22-19-11-8-5-2)24-25-34(38(37)40-41)36-28-32(30-43-36)23-20-12-9-6-3/h24-25,27-30H,4-23,26H2,1-3H3. The largest absolute Gasteiger partial charge is 0.184 e. The van der Waals surface area contributed by atoms with Crippen molar-refractivity contribution in [1.82, 2.24) is 15.0 Å². The average Bonchev–Trinajstić information content (AvgIpc) is 3.78. The number of unbranched alkanes of at least 4 members (excludes halogenated alkanes) is 15. The Kier molecular flexibility index (Phi) is 15.3. The monoisotopic (exact) mass is 619 g/mol. The Bertz CT molecular complexity index is 1230. The highest BCUT2D eigenvalue weighted by molar-refractivity contribution is 7.14. The van der Waals surface area contributed by atoms with Gasteiger partial charge in [0.25, 0.3) is 0 Å². The van der Waals surface area contributed by atoms with Crippen LogP contribution in [0.3, 0.4) is 0 Å². The highest BCUT2D eigenvalue weighted by Crippen LogP contribution is 2.39. The molecule has 1 aromatic carbocycles. The van der Waals surface area contributed by atoms with Crippen LogP contribution in [-0.4, -0.2) is 15.0 Å². The van der Waals surface area contributed by atoms with E-state index in [9.17, 15) is 0 Å². The Morgan fingerprint density at radius 3 is 1.35 bits per heavy atom. The van der Waals surface area contributed by atoms with Gasteiger partial charge in [0.05, 0.1) is 6.54 Å². The summed E-state index contributed by atoms with van der Waals surface area (Å²) in [7, 11) is 0. The zero-order valence-electron chi connectivity index (χ0n) is 27.5. The third-order valence-corrected chi connectivity index (χ3v) is 10.8. The number of aryl methyl sites for hydroxylation is 3. The maximum Gasteiger partial charge on any atom is 0.122 e. The first-order chi connectivity index (χ1) is 21.2. The van der Waals surface area contributed by atoms with Crippen LogP contribution in [0.4, 0.5) is 0 Å². The van der Waals surface area contributed by atoms with Gasteiger partial charge >= 0.3 is 0 Å². The number of hydrogen-bond donors (Lipinski definition) is 0. The van der Waals surface area contributed by atoms with E-state index in [1.165, 1.54) is 154 Å². The molecule has 0 N–H and O–H groups in total. The molecule has 4 rings (SSSR count). The van der Waals surface area contributed by atoms with Gasteiger partial charge in [-0.3, -0.25) is 0 Å². The van der Waals surface area contributed by atoms with Crippen LogP contribution in [0.25, 0.3) is 31.9 Å². The molecule has 3 aromatic heterocycles. The number of nitrogens with zero attached hydrogens (tertiary/aromatic N) is 3. The smallest absolute Gasteiger partial charge is 0.122 e. The molecule has 3 nitrogen and oxygen atoms in total. The fourth-order valence-corrected chi connectivity index (χ4v) is 8.03. The van der Waals surface area contributed by atoms with Crippen molar-refractivity contribution in [2.24, 2.45) is 0 Å². The number of aromatic nitrogens is 3. The lowest BCUT2D eigenvalue weighted by Crippen LogP contribution is -2.02. The van der Waals surface area contributed by atoms with Crippen LogP contribution in [0.1, 0.15) is 147 Å². The molecule has 0 saturated heterocycles. The Balaban J connectivity index is 1.45. The van der Waals surface area contributed by atoms with E-state index in [1.807, 2.05) is 27.5 Å². The van der Waals surface area contributed by atoms with Crippen molar-refractivity contribution in [2.45, 2.75) is 156 Å². The average molecular weight is 620 g/mol. The Morgan fingerprint density at radius 1 is 0.512 bits per heavy atom. The van der Waals surface area contributed by atoms with Gasteiger partial charge < -0.3 is 0 Å². The zero-order chi connectivity index (χ0) is 30.1. The first-order valence-electron chi connectivity index (χ1n) is 17.8. The van der Waals surface area contributed by atoms with E-state index in [0.29, 0.717) is 0 Å². The van der Waals surface area contributed by atoms with E-state index in [0.717, 1.165) is 24.0 Å². The molecule has 0 aliphatic carbocycles. The molecule has 236 valence electrons. The lowest BCUT2D eigenvalue weighted by atomic mass is 10.0. The quantitative estimate of drug-likeness (QED) is 0.0773. The van der Waals surface area contributed by atoms with Crippen molar-refractivity contribution in [3.8, 4) is 20.9 Å². The van der Waals surface area contributed by atoms with E-state index in [-0.39, 0.29) is 0 Å². The molecular weight excluding hydrogens is 563 g/mol. The summed E-state index contributed by atoms with van der Waals surface area (Å²) >= 11 is 3.74. The summed E-state index contributed by atoms with van der Waals surface area (Å²) in [4.78, 5) is 4.66. The number of fused-ring (bicyclic) bond motifs is 1. The van der Waals surface area contributed by atoms with E-state index in [2.05, 4.69) is 55.8 Å². The summed E-state index contributed by atoms with van der Waals surface area (Å²) in [5, 5.41) is 15.0. The van der Waals surface area contributed by atoms with Gasteiger partial charge in [-0.1, -0.05) is 129 Å². The van der Waals surface area contributed by atoms with Gasteiger partial charge in [0.15, 0.2) is 0 Å². The summed E-state index contributed by atoms with van der Waals surface area (Å²) < 4.78 is 0. The normalized spacial score (nSPS) is 11.7. The van der Waals surface area contributed by atoms with Crippen molar-refractivity contribution in [3.63, 3.8) is 0 Å². The molecule has 0 aliphatic rings. The second kappa shape index (κ2) is 19.4. The topological polar surface area (TPSA) is 30.7 Å². The highest BCUT2D eigenvalue weighted by atomic mass is 32.1. The highest BCUT2D eigenvalue weighted by Gasteiger charge is 2.17. The molecule has 0 bridgehead atoms. The minimum absolute atomic E-state index is 0.907. The fraction of sp³-hybridized carbons (Fsp3) is 0.632. The summed E-state index contributed by atoms with van der Waals surface area (Å²) in [6.07, 6.45) is 26.3. The molecular formula is C38H57N3S2. The fourth-order valence-electron chi connectivity index (χ4n) is 6.08. The van der Waals surface area contributed by atoms with Crippen LogP contribution in [0.2, 0.25) is 0 Å². The van der Waals surface area contributed by atoms with Crippen molar-refractivity contribution < 1.29 is 0 Å². The Morgan fingerprint density at radius 2 is 0.907 bits per heavy atom. The van der Waals surface area contributed by atoms with Gasteiger partial charge in [-0.05, 0) is 66.1 Å². The lowest BCUT2D eigenvalue weighted by molar-refractivity contribution is 0.483. The number of hydrogen-bond acceptors (Lipinski definition) is 4. The molecule has 3 heterocycles. The summed E-state index contributed by atoms with van der Waals surface area (Å²) in [5.41, 5.74) is 7.57. The number of rotatable bonds is 23. The molecule has 0 aliphatic heterocycles. The Hall–Kier alpha value is -1.98. The van der Waals surface area contributed by atoms with Gasteiger partial charge in [-0.15, -0.1) is 22.7 Å². The van der Waals surface area contributed by atoms with Crippen LogP contribution in [0.15, 0.2) is 35.0 Å². The summed E-state index contributed by atoms with van der Waals surface area (Å²) in [6.45, 7) is 7.77. The predicted molar refractivity (Wildman–Crippen MR) is 192 cm³/mol. The van der Waals surface area contributed by atoms with E-state index >= 15 is 0 Å². The van der Waals surface area contributed by atoms with E-state index in [1.54, 1.807) is 0 Å². The van der Waals surface area contributed by atoms with Gasteiger partial charge in [0.2, 0.25) is 0 Å². The van der Waals surface area contributed by atoms with Crippen LogP contribution >= 0.6 is 22.7 Å². The molecule has 0 amide bonds. The Labute approximate surface area is 270 Å². The number of thiophene rings is 2. The molecule has 5 heteroatoms. The third-order valence-electron chi connectivity index (χ3n) is 8.77. The molecule has 0 radical (unpaired) electrons. The molecule has 0 saturated carbocycles. The van der Waals surface area contributed by atoms with Gasteiger partial charge in [-0.25, -0.2) is 0 Å². The van der Waals surface area contributed by atoms with Gasteiger partial charge in [0.1, 0.15) is 11.0 Å². The van der Waals surface area contributed by atoms with Gasteiger partial charge in [-0.2, -0.15) is 15.0 Å². The first kappa shape index (κ1) is 33.9. The molecule has 0 unspecified atom stereocenters. The molecule has 4 aromatic rings. The second-order valence-corrected chi connectivity index (χ2v) is 14.4. The first-order valence-corrected chi connectivity index (χ1v) is 19.5. The summed E-state index contributed by atoms with van der Waals surface area (Å²) in [6, 6.07) is 9.44. The van der Waals surface area contributed by atoms with Crippen LogP contribution in [-0.2, 0) is 19.4 Å². The maximum atomic E-state index is 5.14. The van der Waals surface area contributed by atoms with Crippen molar-refractivity contribution in [3.05, 3.63) is 46.2 Å². The molecule has 0 spiro atoms. The maximum absolute atomic E-state index is 5.14. The van der Waals surface area contributed by atoms with Crippen molar-refractivity contribution in [2.75, 3.05) is 0 Å². The van der Waals surface area contributed by atoms with Gasteiger partial charge in [0, 0.05) is 20.9 Å².